The van der Waals surface area contributed by atoms with Crippen LogP contribution in [-0.4, -0.2) is 30.8 Å². The molecule has 0 bridgehead atoms. The summed E-state index contributed by atoms with van der Waals surface area (Å²) in [6.07, 6.45) is 2.23. The second kappa shape index (κ2) is 7.86. The van der Waals surface area contributed by atoms with Crippen LogP contribution >= 0.6 is 11.8 Å². The topological polar surface area (TPSA) is 98.7 Å². The summed E-state index contributed by atoms with van der Waals surface area (Å²) in [5.74, 6) is 2.52. The minimum Gasteiger partial charge on any atom is -0.338 e. The molecule has 1 N–H and O–H groups in total. The molecule has 0 spiro atoms. The van der Waals surface area contributed by atoms with Gasteiger partial charge in [-0.05, 0) is 38.0 Å². The first-order valence-electron chi connectivity index (χ1n) is 10.1. The highest BCUT2D eigenvalue weighted by molar-refractivity contribution is 7.99. The molecule has 2 aromatic heterocycles. The van der Waals surface area contributed by atoms with Crippen molar-refractivity contribution in [1.29, 1.82) is 0 Å². The molecule has 8 nitrogen and oxygen atoms in total. The number of carbonyl (C=O) groups excluding carboxylic acids is 1. The first kappa shape index (κ1) is 20.6. The normalized spacial score (nSPS) is 15.2. The number of benzene rings is 1. The van der Waals surface area contributed by atoms with Gasteiger partial charge in [0.05, 0.1) is 10.9 Å². The van der Waals surface area contributed by atoms with Gasteiger partial charge in [-0.15, -0.1) is 10.2 Å². The molecule has 1 aliphatic carbocycles. The molecule has 30 heavy (non-hydrogen) atoms. The van der Waals surface area contributed by atoms with Crippen LogP contribution in [0.5, 0.6) is 0 Å². The minimum absolute atomic E-state index is 0.0814. The summed E-state index contributed by atoms with van der Waals surface area (Å²) in [6, 6.07) is 7.73. The Kier molecular flexibility index (Phi) is 5.40. The monoisotopic (exact) mass is 426 g/mol. The number of nitrogens with zero attached hydrogens (tertiary/aromatic N) is 5. The third-order valence-corrected chi connectivity index (χ3v) is 5.80. The molecule has 1 atom stereocenters. The Balaban J connectivity index is 1.65. The predicted molar refractivity (Wildman–Crippen MR) is 115 cm³/mol. The summed E-state index contributed by atoms with van der Waals surface area (Å²) < 4.78 is 7.59. The van der Waals surface area contributed by atoms with Crippen molar-refractivity contribution in [3.63, 3.8) is 0 Å². The fourth-order valence-corrected chi connectivity index (χ4v) is 3.95. The molecule has 1 aromatic carbocycles. The van der Waals surface area contributed by atoms with Gasteiger partial charge in [0.1, 0.15) is 5.82 Å². The maximum absolute atomic E-state index is 11.5. The Morgan fingerprint density at radius 2 is 2.07 bits per heavy atom. The Hall–Kier alpha value is -2.68. The van der Waals surface area contributed by atoms with E-state index in [0.29, 0.717) is 17.6 Å². The average molecular weight is 427 g/mol. The summed E-state index contributed by atoms with van der Waals surface area (Å²) in [5, 5.41) is 16.6. The van der Waals surface area contributed by atoms with Crippen molar-refractivity contribution in [2.45, 2.75) is 69.2 Å². The van der Waals surface area contributed by atoms with Crippen LogP contribution in [0.1, 0.15) is 76.2 Å². The van der Waals surface area contributed by atoms with E-state index in [1.165, 1.54) is 18.7 Å². The molecule has 1 aliphatic rings. The van der Waals surface area contributed by atoms with E-state index in [1.807, 2.05) is 31.2 Å². The van der Waals surface area contributed by atoms with Crippen molar-refractivity contribution < 1.29 is 9.32 Å². The maximum atomic E-state index is 11.5. The molecular formula is C21H26N6O2S. The van der Waals surface area contributed by atoms with Gasteiger partial charge >= 0.3 is 0 Å². The van der Waals surface area contributed by atoms with Crippen LogP contribution in [0.15, 0.2) is 33.9 Å². The number of aromatic nitrogens is 5. The average Bonchev–Trinajstić information content (AvgIpc) is 3.22. The van der Waals surface area contributed by atoms with Crippen LogP contribution < -0.4 is 5.32 Å². The minimum atomic E-state index is -0.171. The smallest absolute Gasteiger partial charge is 0.239 e. The van der Waals surface area contributed by atoms with Crippen LogP contribution in [0.25, 0.3) is 5.69 Å². The van der Waals surface area contributed by atoms with E-state index in [-0.39, 0.29) is 16.6 Å². The molecule has 0 aliphatic heterocycles. The predicted octanol–water partition coefficient (Wildman–Crippen LogP) is 4.64. The molecule has 3 aromatic rings. The highest BCUT2D eigenvalue weighted by Crippen LogP contribution is 2.43. The fourth-order valence-electron chi connectivity index (χ4n) is 3.05. The van der Waals surface area contributed by atoms with Crippen molar-refractivity contribution in [2.75, 3.05) is 5.32 Å². The van der Waals surface area contributed by atoms with Gasteiger partial charge in [0, 0.05) is 23.9 Å². The van der Waals surface area contributed by atoms with Gasteiger partial charge in [0.15, 0.2) is 11.0 Å². The number of hydrogen-bond donors (Lipinski definition) is 1. The molecule has 1 saturated carbocycles. The summed E-state index contributed by atoms with van der Waals surface area (Å²) in [5.41, 5.74) is 1.49. The fraction of sp³-hybridized carbons (Fsp3) is 0.476. The lowest BCUT2D eigenvalue weighted by Gasteiger charge is -2.13. The second-order valence-electron chi connectivity index (χ2n) is 8.65. The van der Waals surface area contributed by atoms with E-state index in [2.05, 4.69) is 51.0 Å². The molecule has 4 rings (SSSR count). The van der Waals surface area contributed by atoms with E-state index in [4.69, 9.17) is 4.52 Å². The van der Waals surface area contributed by atoms with E-state index < -0.39 is 0 Å². The summed E-state index contributed by atoms with van der Waals surface area (Å²) in [4.78, 5) is 16.0. The Morgan fingerprint density at radius 1 is 1.30 bits per heavy atom. The maximum Gasteiger partial charge on any atom is 0.239 e. The Morgan fingerprint density at radius 3 is 2.70 bits per heavy atom. The molecule has 0 saturated heterocycles. The number of amides is 1. The summed E-state index contributed by atoms with van der Waals surface area (Å²) in [6.45, 7) is 9.69. The Labute approximate surface area is 179 Å². The van der Waals surface area contributed by atoms with E-state index in [1.54, 1.807) is 0 Å². The number of rotatable bonds is 6. The van der Waals surface area contributed by atoms with Gasteiger partial charge in [-0.2, -0.15) is 4.98 Å². The third-order valence-electron chi connectivity index (χ3n) is 4.77. The van der Waals surface area contributed by atoms with Crippen LogP contribution in [0.4, 0.5) is 5.69 Å². The molecular weight excluding hydrogens is 400 g/mol. The second-order valence-corrected chi connectivity index (χ2v) is 9.96. The lowest BCUT2D eigenvalue weighted by Crippen LogP contribution is -2.13. The molecule has 158 valence electrons. The lowest BCUT2D eigenvalue weighted by molar-refractivity contribution is -0.114. The molecule has 1 fully saturated rings. The first-order valence-corrected chi connectivity index (χ1v) is 10.9. The Bertz CT molecular complexity index is 1060. The summed E-state index contributed by atoms with van der Waals surface area (Å²) >= 11 is 1.53. The zero-order valence-corrected chi connectivity index (χ0v) is 18.7. The molecule has 2 heterocycles. The number of nitrogens with one attached hydrogen (secondary N) is 1. The zero-order valence-electron chi connectivity index (χ0n) is 17.8. The van der Waals surface area contributed by atoms with Gasteiger partial charge in [-0.3, -0.25) is 9.36 Å². The van der Waals surface area contributed by atoms with Crippen molar-refractivity contribution in [3.05, 3.63) is 41.8 Å². The molecule has 9 heteroatoms. The number of anilines is 1. The van der Waals surface area contributed by atoms with Crippen molar-refractivity contribution in [3.8, 4) is 5.69 Å². The molecule has 1 unspecified atom stereocenters. The molecule has 1 amide bonds. The first-order chi connectivity index (χ1) is 14.2. The van der Waals surface area contributed by atoms with E-state index in [0.717, 1.165) is 35.2 Å². The van der Waals surface area contributed by atoms with Crippen LogP contribution in [0.3, 0.4) is 0 Å². The standard InChI is InChI=1S/C21H26N6O2S/c1-12(18-23-19(26-29-18)21(3,4)5)30-20-25-24-17(14-9-10-14)27(20)16-8-6-7-15(11-16)22-13(2)28/h6-8,11-12,14H,9-10H2,1-5H3,(H,22,28). The van der Waals surface area contributed by atoms with Crippen LogP contribution in [-0.2, 0) is 10.2 Å². The third kappa shape index (κ3) is 4.40. The van der Waals surface area contributed by atoms with Crippen molar-refractivity contribution in [2.24, 2.45) is 0 Å². The SMILES string of the molecule is CC(=O)Nc1cccc(-n2c(SC(C)c3nc(C(C)(C)C)no3)nnc2C2CC2)c1. The lowest BCUT2D eigenvalue weighted by atomic mass is 9.96. The highest BCUT2D eigenvalue weighted by Gasteiger charge is 2.32. The highest BCUT2D eigenvalue weighted by atomic mass is 32.2. The number of carbonyl (C=O) groups is 1. The number of hydrogen-bond acceptors (Lipinski definition) is 7. The largest absolute Gasteiger partial charge is 0.338 e. The van der Waals surface area contributed by atoms with Crippen molar-refractivity contribution in [1.82, 2.24) is 24.9 Å². The van der Waals surface area contributed by atoms with Gasteiger partial charge in [0.2, 0.25) is 11.8 Å². The van der Waals surface area contributed by atoms with Gasteiger partial charge in [-0.25, -0.2) is 0 Å². The quantitative estimate of drug-likeness (QED) is 0.573. The number of thioether (sulfide) groups is 1. The van der Waals surface area contributed by atoms with E-state index in [9.17, 15) is 4.79 Å². The van der Waals surface area contributed by atoms with Crippen molar-refractivity contribution >= 4 is 23.4 Å². The van der Waals surface area contributed by atoms with Gasteiger partial charge < -0.3 is 9.84 Å². The van der Waals surface area contributed by atoms with Gasteiger partial charge in [0.25, 0.3) is 0 Å². The summed E-state index contributed by atoms with van der Waals surface area (Å²) in [7, 11) is 0. The molecule has 0 radical (unpaired) electrons. The zero-order chi connectivity index (χ0) is 21.5. The van der Waals surface area contributed by atoms with Crippen LogP contribution in [0.2, 0.25) is 0 Å². The van der Waals surface area contributed by atoms with E-state index >= 15 is 0 Å². The van der Waals surface area contributed by atoms with Crippen LogP contribution in [0, 0.1) is 0 Å². The van der Waals surface area contributed by atoms with Gasteiger partial charge in [-0.1, -0.05) is 43.8 Å².